The molecule has 9 nitrogen and oxygen atoms in total. The minimum absolute atomic E-state index is 0.0256. The van der Waals surface area contributed by atoms with Crippen LogP contribution in [0.3, 0.4) is 0 Å². The van der Waals surface area contributed by atoms with Crippen molar-refractivity contribution >= 4 is 50.8 Å². The molecule has 0 bridgehead atoms. The van der Waals surface area contributed by atoms with Gasteiger partial charge in [-0.1, -0.05) is 0 Å². The number of ether oxygens (including phenoxy) is 1. The van der Waals surface area contributed by atoms with Crippen molar-refractivity contribution in [3.05, 3.63) is 28.1 Å². The van der Waals surface area contributed by atoms with Crippen LogP contribution >= 0.6 is 23.1 Å². The van der Waals surface area contributed by atoms with E-state index in [-0.39, 0.29) is 9.77 Å². The van der Waals surface area contributed by atoms with E-state index in [1.165, 1.54) is 20.4 Å². The van der Waals surface area contributed by atoms with Crippen LogP contribution in [0.2, 0.25) is 0 Å². The van der Waals surface area contributed by atoms with Gasteiger partial charge in [-0.2, -0.15) is 21.2 Å². The fourth-order valence-corrected chi connectivity index (χ4v) is 6.54. The predicted octanol–water partition coefficient (Wildman–Crippen LogP) is 1.32. The number of amides is 1. The first-order valence-corrected chi connectivity index (χ1v) is 11.9. The van der Waals surface area contributed by atoms with Crippen molar-refractivity contribution in [1.29, 1.82) is 0 Å². The zero-order valence-electron chi connectivity index (χ0n) is 15.4. The number of carbonyl (C=O) groups excluding carboxylic acids is 2. The summed E-state index contributed by atoms with van der Waals surface area (Å²) in [4.78, 5) is 24.3. The molecular weight excluding hydrogens is 424 g/mol. The first-order chi connectivity index (χ1) is 13.3. The molecule has 0 spiro atoms. The van der Waals surface area contributed by atoms with Crippen molar-refractivity contribution in [2.24, 2.45) is 7.05 Å². The van der Waals surface area contributed by atoms with Gasteiger partial charge in [0.15, 0.2) is 6.61 Å². The summed E-state index contributed by atoms with van der Waals surface area (Å²) in [6, 6.07) is 3.08. The highest BCUT2D eigenvalue weighted by Gasteiger charge is 2.31. The summed E-state index contributed by atoms with van der Waals surface area (Å²) < 4.78 is 33.5. The standard InChI is InChI=1S/C16H20N4O5S3/c1-11-9-13(19(2)18-11)17-14(21)10-25-16(22)15-12(3-6-27-15)28(23,24)20-4-7-26-8-5-20/h3,6,9H,4-5,7-8,10H2,1-2H3,(H,17,21). The van der Waals surface area contributed by atoms with Gasteiger partial charge < -0.3 is 10.1 Å². The van der Waals surface area contributed by atoms with Gasteiger partial charge in [0.05, 0.1) is 5.69 Å². The molecule has 3 rings (SSSR count). The van der Waals surface area contributed by atoms with Crippen molar-refractivity contribution in [2.45, 2.75) is 11.8 Å². The van der Waals surface area contributed by atoms with Crippen molar-refractivity contribution in [2.75, 3.05) is 36.5 Å². The number of sulfonamides is 1. The van der Waals surface area contributed by atoms with Crippen LogP contribution in [0, 0.1) is 6.92 Å². The molecule has 28 heavy (non-hydrogen) atoms. The zero-order chi connectivity index (χ0) is 20.3. The number of hydrogen-bond donors (Lipinski definition) is 1. The summed E-state index contributed by atoms with van der Waals surface area (Å²) in [6.07, 6.45) is 0. The highest BCUT2D eigenvalue weighted by atomic mass is 32.2. The van der Waals surface area contributed by atoms with Crippen LogP contribution in [-0.2, 0) is 26.6 Å². The second-order valence-corrected chi connectivity index (χ2v) is 10.1. The maximum atomic E-state index is 12.8. The first kappa shape index (κ1) is 20.8. The van der Waals surface area contributed by atoms with Crippen LogP contribution in [0.15, 0.2) is 22.4 Å². The number of aryl methyl sites for hydroxylation is 2. The molecule has 1 N–H and O–H groups in total. The van der Waals surface area contributed by atoms with Crippen molar-refractivity contribution in [3.63, 3.8) is 0 Å². The number of anilines is 1. The SMILES string of the molecule is Cc1cc(NC(=O)COC(=O)c2sccc2S(=O)(=O)N2CCSCC2)n(C)n1. The molecule has 0 aromatic carbocycles. The molecule has 1 fully saturated rings. The van der Waals surface area contributed by atoms with Gasteiger partial charge in [-0.05, 0) is 18.4 Å². The normalized spacial score (nSPS) is 15.4. The predicted molar refractivity (Wildman–Crippen MR) is 107 cm³/mol. The van der Waals surface area contributed by atoms with Crippen LogP contribution in [0.1, 0.15) is 15.4 Å². The number of aromatic nitrogens is 2. The topological polar surface area (TPSA) is 111 Å². The third kappa shape index (κ3) is 4.57. The molecule has 2 aromatic rings. The van der Waals surface area contributed by atoms with Gasteiger partial charge in [-0.3, -0.25) is 9.48 Å². The third-order valence-corrected chi connectivity index (χ3v) is 7.91. The van der Waals surface area contributed by atoms with E-state index in [1.54, 1.807) is 31.8 Å². The average Bonchev–Trinajstić information content (AvgIpc) is 3.27. The first-order valence-electron chi connectivity index (χ1n) is 8.42. The van der Waals surface area contributed by atoms with Crippen LogP contribution in [0.5, 0.6) is 0 Å². The summed E-state index contributed by atoms with van der Waals surface area (Å²) >= 11 is 2.67. The smallest absolute Gasteiger partial charge is 0.350 e. The quantitative estimate of drug-likeness (QED) is 0.669. The summed E-state index contributed by atoms with van der Waals surface area (Å²) in [6.45, 7) is 2.07. The van der Waals surface area contributed by atoms with Crippen molar-refractivity contribution in [3.8, 4) is 0 Å². The third-order valence-electron chi connectivity index (χ3n) is 4.01. The monoisotopic (exact) mass is 444 g/mol. The summed E-state index contributed by atoms with van der Waals surface area (Å²) in [5, 5.41) is 8.22. The second-order valence-electron chi connectivity index (χ2n) is 6.05. The minimum Gasteiger partial charge on any atom is -0.451 e. The van der Waals surface area contributed by atoms with Crippen LogP contribution < -0.4 is 5.32 Å². The summed E-state index contributed by atoms with van der Waals surface area (Å²) in [5.41, 5.74) is 0.736. The molecule has 1 aliphatic rings. The Bertz CT molecular complexity index is 976. The number of nitrogens with one attached hydrogen (secondary N) is 1. The van der Waals surface area contributed by atoms with Gasteiger partial charge in [-0.15, -0.1) is 11.3 Å². The number of esters is 1. The van der Waals surface area contributed by atoms with E-state index in [0.29, 0.717) is 18.9 Å². The number of thiophene rings is 1. The average molecular weight is 445 g/mol. The molecule has 1 amide bonds. The van der Waals surface area contributed by atoms with Crippen molar-refractivity contribution < 1.29 is 22.7 Å². The van der Waals surface area contributed by atoms with Gasteiger partial charge in [0, 0.05) is 37.7 Å². The lowest BCUT2D eigenvalue weighted by atomic mass is 10.4. The van der Waals surface area contributed by atoms with E-state index in [0.717, 1.165) is 28.5 Å². The second kappa shape index (κ2) is 8.64. The highest BCUT2D eigenvalue weighted by molar-refractivity contribution is 7.99. The maximum Gasteiger partial charge on any atom is 0.350 e. The van der Waals surface area contributed by atoms with Crippen LogP contribution in [0.25, 0.3) is 0 Å². The number of rotatable bonds is 6. The molecule has 0 saturated carbocycles. The van der Waals surface area contributed by atoms with Crippen LogP contribution in [-0.4, -0.2) is 65.6 Å². The summed E-state index contributed by atoms with van der Waals surface area (Å²) in [7, 11) is -2.09. The Hall–Kier alpha value is -1.89. The number of nitrogens with zero attached hydrogens (tertiary/aromatic N) is 3. The Labute approximate surface area is 171 Å². The van der Waals surface area contributed by atoms with E-state index in [9.17, 15) is 18.0 Å². The zero-order valence-corrected chi connectivity index (χ0v) is 17.8. The Morgan fingerprint density at radius 1 is 1.32 bits per heavy atom. The largest absolute Gasteiger partial charge is 0.451 e. The van der Waals surface area contributed by atoms with Gasteiger partial charge in [0.2, 0.25) is 10.0 Å². The van der Waals surface area contributed by atoms with Gasteiger partial charge >= 0.3 is 5.97 Å². The molecule has 0 radical (unpaired) electrons. The Morgan fingerprint density at radius 3 is 2.68 bits per heavy atom. The number of thioether (sulfide) groups is 1. The molecule has 1 aliphatic heterocycles. The molecule has 152 valence electrons. The van der Waals surface area contributed by atoms with E-state index >= 15 is 0 Å². The van der Waals surface area contributed by atoms with E-state index in [4.69, 9.17) is 4.74 Å². The molecular formula is C16H20N4O5S3. The van der Waals surface area contributed by atoms with Crippen LogP contribution in [0.4, 0.5) is 5.82 Å². The number of hydrogen-bond acceptors (Lipinski definition) is 8. The lowest BCUT2D eigenvalue weighted by molar-refractivity contribution is -0.119. The fraction of sp³-hybridized carbons (Fsp3) is 0.438. The summed E-state index contributed by atoms with van der Waals surface area (Å²) in [5.74, 6) is 0.538. The Balaban J connectivity index is 1.65. The van der Waals surface area contributed by atoms with Gasteiger partial charge in [0.1, 0.15) is 15.6 Å². The van der Waals surface area contributed by atoms with Gasteiger partial charge in [0.25, 0.3) is 5.91 Å². The molecule has 0 aliphatic carbocycles. The van der Waals surface area contributed by atoms with E-state index in [2.05, 4.69) is 10.4 Å². The Kier molecular flexibility index (Phi) is 6.43. The molecule has 0 unspecified atom stereocenters. The van der Waals surface area contributed by atoms with Gasteiger partial charge in [-0.25, -0.2) is 13.2 Å². The molecule has 0 atom stereocenters. The fourth-order valence-electron chi connectivity index (χ4n) is 2.68. The lowest BCUT2D eigenvalue weighted by Gasteiger charge is -2.25. The van der Waals surface area contributed by atoms with E-state index < -0.39 is 28.5 Å². The minimum atomic E-state index is -3.77. The Morgan fingerprint density at radius 2 is 2.04 bits per heavy atom. The van der Waals surface area contributed by atoms with E-state index in [1.807, 2.05) is 0 Å². The molecule has 1 saturated heterocycles. The molecule has 12 heteroatoms. The number of carbonyl (C=O) groups is 2. The lowest BCUT2D eigenvalue weighted by Crippen LogP contribution is -2.38. The maximum absolute atomic E-state index is 12.8. The highest BCUT2D eigenvalue weighted by Crippen LogP contribution is 2.27. The molecule has 3 heterocycles. The molecule has 2 aromatic heterocycles. The van der Waals surface area contributed by atoms with Crippen molar-refractivity contribution in [1.82, 2.24) is 14.1 Å².